The van der Waals surface area contributed by atoms with E-state index in [2.05, 4.69) is 5.32 Å². The molecule has 0 aliphatic carbocycles. The second-order valence-electron chi connectivity index (χ2n) is 4.85. The number of hydrogen-bond acceptors (Lipinski definition) is 2. The lowest BCUT2D eigenvalue weighted by atomic mass is 10.0. The summed E-state index contributed by atoms with van der Waals surface area (Å²) in [6, 6.07) is 6.45. The Kier molecular flexibility index (Phi) is 4.65. The van der Waals surface area contributed by atoms with E-state index in [-0.39, 0.29) is 13.0 Å². The minimum Gasteiger partial charge on any atom is -0.381 e. The molecule has 1 aliphatic rings. The fourth-order valence-electron chi connectivity index (χ4n) is 2.13. The number of carbonyl (C=O) groups is 1. The summed E-state index contributed by atoms with van der Waals surface area (Å²) in [6.07, 6.45) is -4.25. The second kappa shape index (κ2) is 6.26. The lowest BCUT2D eigenvalue weighted by Gasteiger charge is -2.23. The molecule has 2 atom stereocenters. The van der Waals surface area contributed by atoms with E-state index in [1.54, 1.807) is 30.3 Å². The van der Waals surface area contributed by atoms with Crippen LogP contribution in [0.2, 0.25) is 0 Å². The van der Waals surface area contributed by atoms with Crippen molar-refractivity contribution in [2.75, 3.05) is 13.2 Å². The van der Waals surface area contributed by atoms with Crippen molar-refractivity contribution in [1.29, 1.82) is 0 Å². The third-order valence-corrected chi connectivity index (χ3v) is 3.29. The minimum atomic E-state index is -4.47. The monoisotopic (exact) mass is 287 g/mol. The van der Waals surface area contributed by atoms with Crippen LogP contribution in [0.4, 0.5) is 13.2 Å². The van der Waals surface area contributed by atoms with Crippen molar-refractivity contribution in [3.8, 4) is 0 Å². The van der Waals surface area contributed by atoms with Crippen LogP contribution in [0.25, 0.3) is 0 Å². The summed E-state index contributed by atoms with van der Waals surface area (Å²) < 4.78 is 44.0. The molecule has 20 heavy (non-hydrogen) atoms. The first-order valence-corrected chi connectivity index (χ1v) is 6.45. The first-order valence-electron chi connectivity index (χ1n) is 6.45. The van der Waals surface area contributed by atoms with Gasteiger partial charge in [0.1, 0.15) is 6.04 Å². The Labute approximate surface area is 115 Å². The predicted molar refractivity (Wildman–Crippen MR) is 67.1 cm³/mol. The topological polar surface area (TPSA) is 38.3 Å². The van der Waals surface area contributed by atoms with E-state index in [1.165, 1.54) is 0 Å². The van der Waals surface area contributed by atoms with Crippen molar-refractivity contribution in [2.45, 2.75) is 25.1 Å². The fraction of sp³-hybridized carbons (Fsp3) is 0.500. The van der Waals surface area contributed by atoms with Gasteiger partial charge in [0.25, 0.3) is 0 Å². The van der Waals surface area contributed by atoms with E-state index in [4.69, 9.17) is 4.74 Å². The van der Waals surface area contributed by atoms with Gasteiger partial charge in [-0.2, -0.15) is 13.2 Å². The molecule has 3 nitrogen and oxygen atoms in total. The average molecular weight is 287 g/mol. The van der Waals surface area contributed by atoms with Crippen molar-refractivity contribution in [3.63, 3.8) is 0 Å². The van der Waals surface area contributed by atoms with Gasteiger partial charge in [0.15, 0.2) is 0 Å². The van der Waals surface area contributed by atoms with Crippen LogP contribution in [0.1, 0.15) is 12.0 Å². The van der Waals surface area contributed by atoms with Crippen molar-refractivity contribution in [2.24, 2.45) is 5.92 Å². The van der Waals surface area contributed by atoms with Crippen LogP contribution in [-0.2, 0) is 16.0 Å². The zero-order chi connectivity index (χ0) is 14.6. The molecule has 0 unspecified atom stereocenters. The van der Waals surface area contributed by atoms with Gasteiger partial charge in [-0.05, 0) is 12.0 Å². The lowest BCUT2D eigenvalue weighted by Crippen LogP contribution is -2.48. The number of alkyl halides is 3. The van der Waals surface area contributed by atoms with Crippen molar-refractivity contribution in [3.05, 3.63) is 35.9 Å². The Morgan fingerprint density at radius 3 is 2.60 bits per heavy atom. The van der Waals surface area contributed by atoms with Gasteiger partial charge in [0.05, 0.1) is 12.5 Å². The molecule has 2 rings (SSSR count). The molecular weight excluding hydrogens is 271 g/mol. The molecule has 0 aromatic heterocycles. The summed E-state index contributed by atoms with van der Waals surface area (Å²) in [5.41, 5.74) is 0.540. The third kappa shape index (κ3) is 3.96. The first kappa shape index (κ1) is 14.8. The Hall–Kier alpha value is -1.56. The van der Waals surface area contributed by atoms with E-state index in [9.17, 15) is 18.0 Å². The van der Waals surface area contributed by atoms with Crippen LogP contribution in [0.15, 0.2) is 30.3 Å². The molecule has 1 heterocycles. The van der Waals surface area contributed by atoms with E-state index in [1.807, 2.05) is 0 Å². The van der Waals surface area contributed by atoms with Gasteiger partial charge in [-0.1, -0.05) is 30.3 Å². The van der Waals surface area contributed by atoms with Crippen molar-refractivity contribution in [1.82, 2.24) is 5.32 Å². The number of hydrogen-bond donors (Lipinski definition) is 1. The molecule has 1 fully saturated rings. The molecule has 0 saturated carbocycles. The molecule has 0 radical (unpaired) electrons. The number of carbonyl (C=O) groups excluding carboxylic acids is 1. The lowest BCUT2D eigenvalue weighted by molar-refractivity contribution is -0.162. The van der Waals surface area contributed by atoms with Gasteiger partial charge in [-0.3, -0.25) is 4.79 Å². The highest BCUT2D eigenvalue weighted by Gasteiger charge is 2.41. The zero-order valence-electron chi connectivity index (χ0n) is 10.8. The van der Waals surface area contributed by atoms with E-state index in [0.29, 0.717) is 18.6 Å². The summed E-state index contributed by atoms with van der Waals surface area (Å²) in [4.78, 5) is 11.8. The van der Waals surface area contributed by atoms with E-state index in [0.717, 1.165) is 0 Å². The number of ether oxygens (including phenoxy) is 1. The first-order chi connectivity index (χ1) is 9.47. The van der Waals surface area contributed by atoms with Crippen molar-refractivity contribution >= 4 is 5.91 Å². The van der Waals surface area contributed by atoms with Gasteiger partial charge < -0.3 is 10.1 Å². The predicted octanol–water partition coefficient (Wildman–Crippen LogP) is 2.31. The van der Waals surface area contributed by atoms with Gasteiger partial charge in [-0.25, -0.2) is 0 Å². The highest BCUT2D eigenvalue weighted by atomic mass is 19.4. The van der Waals surface area contributed by atoms with Gasteiger partial charge in [0, 0.05) is 13.0 Å². The molecule has 0 bridgehead atoms. The standard InChI is InChI=1S/C14H16F3NO2/c15-14(16,17)12(8-10-4-2-1-3-5-10)18-13(19)11-6-7-20-9-11/h1-5,11-12H,6-9H2,(H,18,19)/t11-,12-/m1/s1. The second-order valence-corrected chi connectivity index (χ2v) is 4.85. The molecule has 6 heteroatoms. The molecule has 1 amide bonds. The highest BCUT2D eigenvalue weighted by molar-refractivity contribution is 5.79. The number of nitrogens with one attached hydrogen (secondary N) is 1. The maximum absolute atomic E-state index is 13.0. The average Bonchev–Trinajstić information content (AvgIpc) is 2.92. The largest absolute Gasteiger partial charge is 0.408 e. The van der Waals surface area contributed by atoms with Crippen LogP contribution < -0.4 is 5.32 Å². The van der Waals surface area contributed by atoms with Crippen molar-refractivity contribution < 1.29 is 22.7 Å². The van der Waals surface area contributed by atoms with Crippen LogP contribution in [0.3, 0.4) is 0 Å². The molecule has 1 N–H and O–H groups in total. The van der Waals surface area contributed by atoms with Crippen LogP contribution >= 0.6 is 0 Å². The Bertz CT molecular complexity index is 441. The Morgan fingerprint density at radius 1 is 1.35 bits per heavy atom. The number of rotatable bonds is 4. The smallest absolute Gasteiger partial charge is 0.381 e. The Balaban J connectivity index is 2.02. The molecule has 1 aliphatic heterocycles. The summed E-state index contributed by atoms with van der Waals surface area (Å²) in [6.45, 7) is 0.620. The SMILES string of the molecule is O=C(N[C@H](Cc1ccccc1)C(F)(F)F)[C@@H]1CCOC1. The van der Waals surface area contributed by atoms with E-state index >= 15 is 0 Å². The number of amides is 1. The van der Waals surface area contributed by atoms with Crippen LogP contribution in [0.5, 0.6) is 0 Å². The normalized spacial score (nSPS) is 20.6. The van der Waals surface area contributed by atoms with Gasteiger partial charge in [-0.15, -0.1) is 0 Å². The van der Waals surface area contributed by atoms with Gasteiger partial charge >= 0.3 is 6.18 Å². The maximum atomic E-state index is 13.0. The maximum Gasteiger partial charge on any atom is 0.408 e. The van der Waals surface area contributed by atoms with Crippen LogP contribution in [0, 0.1) is 5.92 Å². The summed E-state index contributed by atoms with van der Waals surface area (Å²) in [5.74, 6) is -1.06. The molecular formula is C14H16F3NO2. The number of halogens is 3. The number of benzene rings is 1. The molecule has 1 saturated heterocycles. The summed E-state index contributed by atoms with van der Waals surface area (Å²) in [5, 5.41) is 2.10. The summed E-state index contributed by atoms with van der Waals surface area (Å²) >= 11 is 0. The molecule has 0 spiro atoms. The molecule has 110 valence electrons. The highest BCUT2D eigenvalue weighted by Crippen LogP contribution is 2.24. The minimum absolute atomic E-state index is 0.196. The quantitative estimate of drug-likeness (QED) is 0.923. The van der Waals surface area contributed by atoms with Crippen LogP contribution in [-0.4, -0.2) is 31.3 Å². The molecule has 1 aromatic carbocycles. The molecule has 1 aromatic rings. The zero-order valence-corrected chi connectivity index (χ0v) is 10.8. The summed E-state index contributed by atoms with van der Waals surface area (Å²) in [7, 11) is 0. The Morgan fingerprint density at radius 2 is 2.05 bits per heavy atom. The van der Waals surface area contributed by atoms with E-state index < -0.39 is 24.0 Å². The third-order valence-electron chi connectivity index (χ3n) is 3.29. The fourth-order valence-corrected chi connectivity index (χ4v) is 2.13. The van der Waals surface area contributed by atoms with Gasteiger partial charge in [0.2, 0.25) is 5.91 Å².